The number of halogens is 3. The minimum atomic E-state index is -4.17. The molecule has 0 heterocycles. The summed E-state index contributed by atoms with van der Waals surface area (Å²) < 4.78 is 36.1. The number of nitrogens with zero attached hydrogens (tertiary/aromatic N) is 1. The third kappa shape index (κ3) is 8.04. The smallest absolute Gasteiger partial charge is 0.300 e. The molecule has 0 aromatic carbocycles. The number of ketones is 1. The molecule has 0 atom stereocenters. The van der Waals surface area contributed by atoms with Crippen LogP contribution in [0, 0.1) is 0 Å². The Kier molecular flexibility index (Phi) is 5.76. The van der Waals surface area contributed by atoms with Crippen LogP contribution in [-0.2, 0) is 4.79 Å². The van der Waals surface area contributed by atoms with E-state index in [4.69, 9.17) is 0 Å². The Hall–Kier alpha value is -0.580. The van der Waals surface area contributed by atoms with E-state index in [1.54, 1.807) is 0 Å². The zero-order valence-corrected chi connectivity index (χ0v) is 8.52. The van der Waals surface area contributed by atoms with Crippen LogP contribution >= 0.6 is 0 Å². The second-order valence-corrected chi connectivity index (χ2v) is 3.34. The molecule has 0 N–H and O–H groups in total. The van der Waals surface area contributed by atoms with Gasteiger partial charge in [-0.3, -0.25) is 9.69 Å². The largest absolute Gasteiger partial charge is 0.401 e. The number of hydrogen-bond acceptors (Lipinski definition) is 2. The fraction of sp³-hybridized carbons (Fsp3) is 0.889. The Balaban J connectivity index is 3.95. The van der Waals surface area contributed by atoms with Crippen molar-refractivity contribution in [2.75, 3.05) is 19.6 Å². The number of hydrogen-bond donors (Lipinski definition) is 0. The normalized spacial score (nSPS) is 12.1. The van der Waals surface area contributed by atoms with Crippen molar-refractivity contribution in [1.29, 1.82) is 0 Å². The molecule has 0 radical (unpaired) electrons. The van der Waals surface area contributed by atoms with E-state index in [2.05, 4.69) is 0 Å². The van der Waals surface area contributed by atoms with Gasteiger partial charge in [0.2, 0.25) is 0 Å². The maximum atomic E-state index is 12.0. The molecule has 0 saturated heterocycles. The van der Waals surface area contributed by atoms with E-state index >= 15 is 0 Å². The van der Waals surface area contributed by atoms with Crippen LogP contribution in [0.25, 0.3) is 0 Å². The number of rotatable bonds is 6. The van der Waals surface area contributed by atoms with E-state index in [1.165, 1.54) is 11.8 Å². The first-order chi connectivity index (χ1) is 6.35. The SMILES string of the molecule is CCCN(CCC(C)=O)CC(F)(F)F. The van der Waals surface area contributed by atoms with Gasteiger partial charge in [-0.05, 0) is 19.9 Å². The molecule has 0 amide bonds. The van der Waals surface area contributed by atoms with E-state index in [0.717, 1.165) is 0 Å². The fourth-order valence-corrected chi connectivity index (χ4v) is 1.16. The van der Waals surface area contributed by atoms with Crippen molar-refractivity contribution in [3.05, 3.63) is 0 Å². The Morgan fingerprint density at radius 2 is 1.86 bits per heavy atom. The molecule has 0 aliphatic carbocycles. The highest BCUT2D eigenvalue weighted by molar-refractivity contribution is 5.75. The molecule has 0 bridgehead atoms. The van der Waals surface area contributed by atoms with Gasteiger partial charge in [0.25, 0.3) is 0 Å². The van der Waals surface area contributed by atoms with Crippen molar-refractivity contribution in [2.45, 2.75) is 32.9 Å². The molecule has 0 rings (SSSR count). The van der Waals surface area contributed by atoms with Gasteiger partial charge in [-0.1, -0.05) is 6.92 Å². The molecule has 0 saturated carbocycles. The van der Waals surface area contributed by atoms with Crippen LogP contribution < -0.4 is 0 Å². The van der Waals surface area contributed by atoms with Gasteiger partial charge in [0.05, 0.1) is 6.54 Å². The highest BCUT2D eigenvalue weighted by Crippen LogP contribution is 2.16. The van der Waals surface area contributed by atoms with Crippen LogP contribution in [0.15, 0.2) is 0 Å². The topological polar surface area (TPSA) is 20.3 Å². The van der Waals surface area contributed by atoms with Crippen LogP contribution in [0.4, 0.5) is 13.2 Å². The Morgan fingerprint density at radius 3 is 2.21 bits per heavy atom. The van der Waals surface area contributed by atoms with Crippen molar-refractivity contribution in [3.63, 3.8) is 0 Å². The van der Waals surface area contributed by atoms with Gasteiger partial charge in [0.1, 0.15) is 5.78 Å². The summed E-state index contributed by atoms with van der Waals surface area (Å²) in [4.78, 5) is 11.9. The lowest BCUT2D eigenvalue weighted by molar-refractivity contribution is -0.147. The molecule has 0 aliphatic heterocycles. The molecule has 5 heteroatoms. The van der Waals surface area contributed by atoms with Gasteiger partial charge in [-0.15, -0.1) is 0 Å². The zero-order chi connectivity index (χ0) is 11.2. The quantitative estimate of drug-likeness (QED) is 0.671. The van der Waals surface area contributed by atoms with E-state index in [0.29, 0.717) is 13.0 Å². The number of carbonyl (C=O) groups excluding carboxylic acids is 1. The molecule has 2 nitrogen and oxygen atoms in total. The first kappa shape index (κ1) is 13.4. The predicted molar refractivity (Wildman–Crippen MR) is 48.1 cm³/mol. The summed E-state index contributed by atoms with van der Waals surface area (Å²) in [6.07, 6.45) is -3.32. The van der Waals surface area contributed by atoms with Crippen molar-refractivity contribution < 1.29 is 18.0 Å². The van der Waals surface area contributed by atoms with Gasteiger partial charge in [-0.25, -0.2) is 0 Å². The van der Waals surface area contributed by atoms with Crippen molar-refractivity contribution in [3.8, 4) is 0 Å². The molecule has 14 heavy (non-hydrogen) atoms. The molecule has 0 aromatic rings. The van der Waals surface area contributed by atoms with Gasteiger partial charge in [-0.2, -0.15) is 13.2 Å². The summed E-state index contributed by atoms with van der Waals surface area (Å²) in [7, 11) is 0. The molecule has 0 aromatic heterocycles. The van der Waals surface area contributed by atoms with Gasteiger partial charge in [0.15, 0.2) is 0 Å². The summed E-state index contributed by atoms with van der Waals surface area (Å²) in [5.41, 5.74) is 0. The van der Waals surface area contributed by atoms with Gasteiger partial charge < -0.3 is 0 Å². The lowest BCUT2D eigenvalue weighted by Gasteiger charge is -2.22. The second kappa shape index (κ2) is 6.01. The van der Waals surface area contributed by atoms with E-state index in [-0.39, 0.29) is 18.7 Å². The number of Topliss-reactive ketones (excluding diaryl/α,β-unsaturated/α-hetero) is 1. The second-order valence-electron chi connectivity index (χ2n) is 3.34. The standard InChI is InChI=1S/C9H16F3NO/c1-3-5-13(6-4-8(2)14)7-9(10,11)12/h3-7H2,1-2H3. The number of carbonyl (C=O) groups is 1. The zero-order valence-electron chi connectivity index (χ0n) is 8.52. The first-order valence-corrected chi connectivity index (χ1v) is 4.63. The number of alkyl halides is 3. The predicted octanol–water partition coefficient (Wildman–Crippen LogP) is 2.24. The maximum absolute atomic E-state index is 12.0. The monoisotopic (exact) mass is 211 g/mol. The maximum Gasteiger partial charge on any atom is 0.401 e. The average Bonchev–Trinajstić information content (AvgIpc) is 1.98. The van der Waals surface area contributed by atoms with E-state index < -0.39 is 12.7 Å². The molecule has 84 valence electrons. The highest BCUT2D eigenvalue weighted by Gasteiger charge is 2.30. The third-order valence-electron chi connectivity index (χ3n) is 1.72. The van der Waals surface area contributed by atoms with Crippen LogP contribution in [0.5, 0.6) is 0 Å². The Labute approximate surface area is 82.1 Å². The fourth-order valence-electron chi connectivity index (χ4n) is 1.16. The third-order valence-corrected chi connectivity index (χ3v) is 1.72. The minimum Gasteiger partial charge on any atom is -0.300 e. The lowest BCUT2D eigenvalue weighted by atomic mass is 10.3. The van der Waals surface area contributed by atoms with E-state index in [1.807, 2.05) is 6.92 Å². The summed E-state index contributed by atoms with van der Waals surface area (Å²) in [6, 6.07) is 0. The van der Waals surface area contributed by atoms with E-state index in [9.17, 15) is 18.0 Å². The first-order valence-electron chi connectivity index (χ1n) is 4.63. The van der Waals surface area contributed by atoms with Crippen LogP contribution in [0.1, 0.15) is 26.7 Å². The molecule has 0 aliphatic rings. The van der Waals surface area contributed by atoms with Gasteiger partial charge in [0, 0.05) is 13.0 Å². The summed E-state index contributed by atoms with van der Waals surface area (Å²) >= 11 is 0. The Bertz CT molecular complexity index is 179. The lowest BCUT2D eigenvalue weighted by Crippen LogP contribution is -2.36. The average molecular weight is 211 g/mol. The minimum absolute atomic E-state index is 0.0757. The molecular formula is C9H16F3NO. The summed E-state index contributed by atoms with van der Waals surface area (Å²) in [5.74, 6) is -0.0757. The van der Waals surface area contributed by atoms with Crippen molar-refractivity contribution in [1.82, 2.24) is 4.90 Å². The van der Waals surface area contributed by atoms with Crippen LogP contribution in [-0.4, -0.2) is 36.5 Å². The molecule has 0 spiro atoms. The Morgan fingerprint density at radius 1 is 1.29 bits per heavy atom. The molecular weight excluding hydrogens is 195 g/mol. The van der Waals surface area contributed by atoms with Crippen molar-refractivity contribution >= 4 is 5.78 Å². The summed E-state index contributed by atoms with van der Waals surface area (Å²) in [5, 5.41) is 0. The highest BCUT2D eigenvalue weighted by atomic mass is 19.4. The van der Waals surface area contributed by atoms with Crippen LogP contribution in [0.3, 0.4) is 0 Å². The van der Waals surface area contributed by atoms with Crippen molar-refractivity contribution in [2.24, 2.45) is 0 Å². The molecule has 0 unspecified atom stereocenters. The molecule has 0 fully saturated rings. The van der Waals surface area contributed by atoms with Gasteiger partial charge >= 0.3 is 6.18 Å². The van der Waals surface area contributed by atoms with Crippen LogP contribution in [0.2, 0.25) is 0 Å². The summed E-state index contributed by atoms with van der Waals surface area (Å²) in [6.45, 7) is 2.86.